The van der Waals surface area contributed by atoms with Crippen LogP contribution in [-0.4, -0.2) is 107 Å². The first kappa shape index (κ1) is 34.9. The summed E-state index contributed by atoms with van der Waals surface area (Å²) in [5.74, 6) is -2.03. The Morgan fingerprint density at radius 1 is 1.18 bits per heavy atom. The smallest absolute Gasteiger partial charge is 0.316 e. The van der Waals surface area contributed by atoms with E-state index in [1.807, 2.05) is 46.5 Å². The quantitative estimate of drug-likeness (QED) is 0.342. The van der Waals surface area contributed by atoms with Gasteiger partial charge in [0.25, 0.3) is 0 Å². The van der Waals surface area contributed by atoms with Crippen LogP contribution >= 0.6 is 0 Å². The third-order valence-corrected chi connectivity index (χ3v) is 8.93. The van der Waals surface area contributed by atoms with E-state index >= 15 is 0 Å². The summed E-state index contributed by atoms with van der Waals surface area (Å²) in [7, 11) is 5.68. The Bertz CT molecular complexity index is 1290. The first-order valence-electron chi connectivity index (χ1n) is 15.7. The molecule has 0 spiro atoms. The zero-order valence-corrected chi connectivity index (χ0v) is 27.8. The molecule has 4 rings (SSSR count). The Balaban J connectivity index is 1.55. The van der Waals surface area contributed by atoms with E-state index in [4.69, 9.17) is 24.7 Å². The van der Waals surface area contributed by atoms with Crippen molar-refractivity contribution >= 4 is 17.6 Å². The minimum absolute atomic E-state index is 0.0286. The van der Waals surface area contributed by atoms with Gasteiger partial charge in [0.05, 0.1) is 42.3 Å². The topological polar surface area (TPSA) is 156 Å². The highest BCUT2D eigenvalue weighted by Gasteiger charge is 2.47. The molecule has 0 saturated carbocycles. The third kappa shape index (κ3) is 8.85. The zero-order chi connectivity index (χ0) is 32.9. The van der Waals surface area contributed by atoms with E-state index in [-0.39, 0.29) is 36.5 Å². The molecule has 1 radical (unpaired) electrons. The van der Waals surface area contributed by atoms with Gasteiger partial charge in [0, 0.05) is 25.5 Å². The van der Waals surface area contributed by atoms with Crippen molar-refractivity contribution in [2.24, 2.45) is 17.8 Å². The van der Waals surface area contributed by atoms with E-state index in [1.54, 1.807) is 37.9 Å². The van der Waals surface area contributed by atoms with Gasteiger partial charge in [-0.2, -0.15) is 0 Å². The number of anilines is 1. The van der Waals surface area contributed by atoms with Gasteiger partial charge in [-0.3, -0.25) is 14.3 Å². The lowest BCUT2D eigenvalue weighted by atomic mass is 9.78. The molecule has 4 heterocycles. The fraction of sp³-hybridized carbons (Fsp3) is 0.688. The standard InChI is InChI=1S/C32H50N7O6/c1-19-14-32(5,42-8)30(45-28-13-24(38(6)7)12-20(2)44-28)21(3)29(40)22(4)31(41)43-18-23(34-15-19)16-39-17-26(36-37-39)25-10-9-11-27(33)35-25/h9-11,13,17,19-24,28,30,34H,12,14-16,18H2,1-8H3,(H2,33,35)/t19-,20-,21+,22?,23-,24-,28+,30-,32-/m1/s1. The number of carbonyl (C=O) groups is 2. The van der Waals surface area contributed by atoms with E-state index in [0.717, 1.165) is 6.42 Å². The maximum atomic E-state index is 13.8. The molecule has 2 saturated heterocycles. The highest BCUT2D eigenvalue weighted by molar-refractivity contribution is 6.00. The Kier molecular flexibility index (Phi) is 11.7. The Morgan fingerprint density at radius 3 is 2.62 bits per heavy atom. The van der Waals surface area contributed by atoms with Gasteiger partial charge in [-0.05, 0) is 72.3 Å². The average molecular weight is 629 g/mol. The van der Waals surface area contributed by atoms with Crippen molar-refractivity contribution in [3.8, 4) is 11.4 Å². The molecule has 13 heteroatoms. The molecular formula is C32H50N7O6. The minimum atomic E-state index is -0.997. The summed E-state index contributed by atoms with van der Waals surface area (Å²) in [5.41, 5.74) is 6.17. The number of ether oxygens (including phenoxy) is 4. The van der Waals surface area contributed by atoms with Crippen LogP contribution in [0.5, 0.6) is 0 Å². The summed E-state index contributed by atoms with van der Waals surface area (Å²) in [5, 5.41) is 12.0. The molecule has 2 fully saturated rings. The highest BCUT2D eigenvalue weighted by atomic mass is 16.7. The normalized spacial score (nSPS) is 34.1. The molecule has 2 aliphatic rings. The lowest BCUT2D eigenvalue weighted by Gasteiger charge is -2.45. The number of nitrogens with two attached hydrogens (primary N) is 1. The van der Waals surface area contributed by atoms with Gasteiger partial charge in [0.1, 0.15) is 24.0 Å². The van der Waals surface area contributed by atoms with Crippen molar-refractivity contribution < 1.29 is 28.5 Å². The van der Waals surface area contributed by atoms with E-state index in [1.165, 1.54) is 0 Å². The van der Waals surface area contributed by atoms with Crippen LogP contribution in [0.3, 0.4) is 0 Å². The molecule has 9 atom stereocenters. The summed E-state index contributed by atoms with van der Waals surface area (Å²) in [6.45, 7) is 10.5. The van der Waals surface area contributed by atoms with Crippen molar-refractivity contribution in [2.45, 2.75) is 90.2 Å². The van der Waals surface area contributed by atoms with Crippen molar-refractivity contribution in [1.82, 2.24) is 30.2 Å². The summed E-state index contributed by atoms with van der Waals surface area (Å²) >= 11 is 0. The van der Waals surface area contributed by atoms with Gasteiger partial charge in [-0.15, -0.1) is 5.10 Å². The largest absolute Gasteiger partial charge is 0.463 e. The third-order valence-electron chi connectivity index (χ3n) is 8.93. The lowest BCUT2D eigenvalue weighted by molar-refractivity contribution is -0.244. The SMILES string of the molecule is CO[C@]1(C)C[C@@H](C)CN[C@H](Cn2cc(-c3cccc(N)n3)nn2)COC(=O)C(C)C(=O)[C@H](C)[C@H]1O[C@H]1[CH][C@H](N(C)C)C[C@@H](C)O1. The number of rotatable bonds is 7. The van der Waals surface area contributed by atoms with Crippen molar-refractivity contribution in [3.63, 3.8) is 0 Å². The van der Waals surface area contributed by atoms with Crippen LogP contribution in [0, 0.1) is 24.2 Å². The number of aromatic nitrogens is 4. The molecule has 2 aromatic heterocycles. The van der Waals surface area contributed by atoms with Crippen LogP contribution in [0.4, 0.5) is 5.82 Å². The Hall–Kier alpha value is -2.97. The van der Waals surface area contributed by atoms with E-state index in [0.29, 0.717) is 36.7 Å². The fourth-order valence-electron chi connectivity index (χ4n) is 6.24. The number of cyclic esters (lactones) is 1. The number of esters is 1. The number of nitrogen functional groups attached to an aromatic ring is 1. The predicted molar refractivity (Wildman–Crippen MR) is 169 cm³/mol. The molecule has 1 unspecified atom stereocenters. The molecule has 0 amide bonds. The van der Waals surface area contributed by atoms with Crippen molar-refractivity contribution in [1.29, 1.82) is 0 Å². The van der Waals surface area contributed by atoms with Crippen LogP contribution in [0.2, 0.25) is 0 Å². The lowest BCUT2D eigenvalue weighted by Crippen LogP contribution is -2.54. The molecule has 13 nitrogen and oxygen atoms in total. The second-order valence-corrected chi connectivity index (χ2v) is 13.1. The first-order chi connectivity index (χ1) is 21.3. The predicted octanol–water partition coefficient (Wildman–Crippen LogP) is 2.36. The number of nitrogens with zero attached hydrogens (tertiary/aromatic N) is 5. The maximum absolute atomic E-state index is 13.8. The van der Waals surface area contributed by atoms with Crippen LogP contribution in [0.1, 0.15) is 47.5 Å². The first-order valence-corrected chi connectivity index (χ1v) is 15.7. The van der Waals surface area contributed by atoms with Crippen LogP contribution < -0.4 is 11.1 Å². The van der Waals surface area contributed by atoms with Crippen LogP contribution in [0.15, 0.2) is 24.4 Å². The Morgan fingerprint density at radius 2 is 1.93 bits per heavy atom. The summed E-state index contributed by atoms with van der Waals surface area (Å²) < 4.78 is 26.3. The molecule has 2 aliphatic heterocycles. The molecule has 45 heavy (non-hydrogen) atoms. The number of hydrogen-bond acceptors (Lipinski definition) is 12. The number of ketones is 1. The average Bonchev–Trinajstić information content (AvgIpc) is 3.47. The molecule has 0 aromatic carbocycles. The second-order valence-electron chi connectivity index (χ2n) is 13.1. The minimum Gasteiger partial charge on any atom is -0.463 e. The van der Waals surface area contributed by atoms with Gasteiger partial charge in [0.15, 0.2) is 12.1 Å². The number of methoxy groups -OCH3 is 1. The summed E-state index contributed by atoms with van der Waals surface area (Å²) in [4.78, 5) is 33.5. The van der Waals surface area contributed by atoms with Crippen LogP contribution in [0.25, 0.3) is 11.4 Å². The number of nitrogens with one attached hydrogen (secondary N) is 1. The van der Waals surface area contributed by atoms with Gasteiger partial charge < -0.3 is 34.9 Å². The van der Waals surface area contributed by atoms with E-state index < -0.39 is 35.8 Å². The van der Waals surface area contributed by atoms with Gasteiger partial charge in [-0.25, -0.2) is 4.98 Å². The summed E-state index contributed by atoms with van der Waals surface area (Å²) in [6.07, 6.45) is 3.88. The van der Waals surface area contributed by atoms with E-state index in [9.17, 15) is 9.59 Å². The van der Waals surface area contributed by atoms with E-state index in [2.05, 4.69) is 32.4 Å². The Labute approximate surface area is 266 Å². The number of carbonyl (C=O) groups excluding carboxylic acids is 2. The second kappa shape index (κ2) is 15.1. The molecular weight excluding hydrogens is 578 g/mol. The monoisotopic (exact) mass is 628 g/mol. The van der Waals surface area contributed by atoms with Crippen molar-refractivity contribution in [2.75, 3.05) is 40.1 Å². The fourth-order valence-corrected chi connectivity index (χ4v) is 6.24. The molecule has 0 bridgehead atoms. The molecule has 0 aliphatic carbocycles. The van der Waals surface area contributed by atoms with Crippen molar-refractivity contribution in [3.05, 3.63) is 30.8 Å². The van der Waals surface area contributed by atoms with Gasteiger partial charge >= 0.3 is 5.97 Å². The number of pyridine rings is 1. The number of hydrogen-bond donors (Lipinski definition) is 2. The molecule has 3 N–H and O–H groups in total. The number of Topliss-reactive ketones (excluding diaryl/α,β-unsaturated/α-hetero) is 1. The molecule has 249 valence electrons. The zero-order valence-electron chi connectivity index (χ0n) is 27.8. The van der Waals surface area contributed by atoms with Gasteiger partial charge in [0.2, 0.25) is 0 Å². The highest BCUT2D eigenvalue weighted by Crippen LogP contribution is 2.35. The van der Waals surface area contributed by atoms with Gasteiger partial charge in [-0.1, -0.05) is 25.1 Å². The molecule has 2 aromatic rings. The maximum Gasteiger partial charge on any atom is 0.316 e. The van der Waals surface area contributed by atoms with Crippen LogP contribution in [-0.2, 0) is 35.1 Å². The summed E-state index contributed by atoms with van der Waals surface area (Å²) in [6, 6.07) is 5.19.